The lowest BCUT2D eigenvalue weighted by molar-refractivity contribution is -0.274. The number of halogens is 4. The lowest BCUT2D eigenvalue weighted by Crippen LogP contribution is -2.16. The minimum Gasteiger partial charge on any atom is -0.478 e. The fourth-order valence-corrected chi connectivity index (χ4v) is 3.14. The van der Waals surface area contributed by atoms with Crippen molar-refractivity contribution in [1.29, 1.82) is 0 Å². The van der Waals surface area contributed by atoms with Crippen LogP contribution >= 0.6 is 15.9 Å². The maximum absolute atomic E-state index is 11.9. The SMILES string of the molecule is Cc1c(Br)cc(C(=O)O)cc1C(=O)O.FC(F)(F)Oc1ccc(-c2ccc[nH]2)cc1.c1ccncc1. The van der Waals surface area contributed by atoms with E-state index in [1.165, 1.54) is 18.2 Å². The molecular formula is C25H20BrF3N2O5. The minimum absolute atomic E-state index is 0.00299. The molecule has 0 aliphatic heterocycles. The Morgan fingerprint density at radius 3 is 2.00 bits per heavy atom. The van der Waals surface area contributed by atoms with E-state index < -0.39 is 18.3 Å². The molecular weight excluding hydrogens is 545 g/mol. The highest BCUT2D eigenvalue weighted by atomic mass is 79.9. The van der Waals surface area contributed by atoms with E-state index in [9.17, 15) is 22.8 Å². The normalized spacial score (nSPS) is 10.2. The molecule has 11 heteroatoms. The number of nitrogens with one attached hydrogen (secondary N) is 1. The van der Waals surface area contributed by atoms with Crippen molar-refractivity contribution in [2.75, 3.05) is 0 Å². The molecule has 0 aliphatic carbocycles. The van der Waals surface area contributed by atoms with Gasteiger partial charge in [0, 0.05) is 28.8 Å². The van der Waals surface area contributed by atoms with Crippen LogP contribution in [0.25, 0.3) is 11.3 Å². The molecule has 0 spiro atoms. The van der Waals surface area contributed by atoms with Crippen LogP contribution in [0.5, 0.6) is 5.75 Å². The first-order valence-corrected chi connectivity index (χ1v) is 10.9. The van der Waals surface area contributed by atoms with Gasteiger partial charge in [0.25, 0.3) is 0 Å². The third kappa shape index (κ3) is 9.26. The summed E-state index contributed by atoms with van der Waals surface area (Å²) in [6.07, 6.45) is 0.601. The van der Waals surface area contributed by atoms with Gasteiger partial charge in [0.2, 0.25) is 0 Å². The van der Waals surface area contributed by atoms with Crippen molar-refractivity contribution in [3.05, 3.63) is 106 Å². The number of benzene rings is 2. The lowest BCUT2D eigenvalue weighted by atomic mass is 10.1. The van der Waals surface area contributed by atoms with Crippen molar-refractivity contribution < 1.29 is 37.7 Å². The van der Waals surface area contributed by atoms with Crippen molar-refractivity contribution >= 4 is 27.9 Å². The van der Waals surface area contributed by atoms with E-state index in [1.807, 2.05) is 30.3 Å². The number of hydrogen-bond donors (Lipinski definition) is 3. The Balaban J connectivity index is 0.000000208. The number of carboxylic acid groups (broad SMARTS) is 2. The van der Waals surface area contributed by atoms with Gasteiger partial charge in [-0.15, -0.1) is 13.2 Å². The zero-order valence-corrected chi connectivity index (χ0v) is 20.2. The van der Waals surface area contributed by atoms with Crippen molar-refractivity contribution in [3.8, 4) is 17.0 Å². The van der Waals surface area contributed by atoms with E-state index >= 15 is 0 Å². The number of rotatable bonds is 4. The first-order valence-electron chi connectivity index (χ1n) is 10.1. The Morgan fingerprint density at radius 1 is 0.944 bits per heavy atom. The number of carbonyl (C=O) groups is 2. The maximum Gasteiger partial charge on any atom is 0.573 e. The number of H-pyrrole nitrogens is 1. The van der Waals surface area contributed by atoms with Crippen LogP contribution in [0.1, 0.15) is 26.3 Å². The summed E-state index contributed by atoms with van der Waals surface area (Å²) in [5.74, 6) is -2.50. The van der Waals surface area contributed by atoms with Gasteiger partial charge < -0.3 is 19.9 Å². The average molecular weight is 565 g/mol. The average Bonchev–Trinajstić information content (AvgIpc) is 3.37. The topological polar surface area (TPSA) is 113 Å². The fourth-order valence-electron chi connectivity index (χ4n) is 2.68. The number of alkyl halides is 3. The van der Waals surface area contributed by atoms with E-state index in [0.29, 0.717) is 10.0 Å². The van der Waals surface area contributed by atoms with Crippen molar-refractivity contribution in [1.82, 2.24) is 9.97 Å². The summed E-state index contributed by atoms with van der Waals surface area (Å²) in [6.45, 7) is 1.61. The molecule has 4 rings (SSSR count). The first-order chi connectivity index (χ1) is 17.0. The van der Waals surface area contributed by atoms with Gasteiger partial charge >= 0.3 is 18.3 Å². The Hall–Kier alpha value is -4.12. The summed E-state index contributed by atoms with van der Waals surface area (Å²) in [5, 5.41) is 17.5. The zero-order chi connectivity index (χ0) is 26.7. The molecule has 0 amide bonds. The van der Waals surface area contributed by atoms with Gasteiger partial charge in [-0.1, -0.05) is 22.0 Å². The van der Waals surface area contributed by atoms with Crippen LogP contribution in [0, 0.1) is 6.92 Å². The number of aromatic carboxylic acids is 2. The van der Waals surface area contributed by atoms with Gasteiger partial charge in [-0.05, 0) is 78.7 Å². The molecule has 2 heterocycles. The summed E-state index contributed by atoms with van der Waals surface area (Å²) in [5.41, 5.74) is 2.12. The molecule has 0 aliphatic rings. The van der Waals surface area contributed by atoms with Crippen LogP contribution < -0.4 is 4.74 Å². The summed E-state index contributed by atoms with van der Waals surface area (Å²) in [7, 11) is 0. The molecule has 188 valence electrons. The highest BCUT2D eigenvalue weighted by Gasteiger charge is 2.30. The minimum atomic E-state index is -4.64. The van der Waals surface area contributed by atoms with E-state index in [2.05, 4.69) is 30.6 Å². The summed E-state index contributed by atoms with van der Waals surface area (Å²) in [4.78, 5) is 28.1. The van der Waals surface area contributed by atoms with Crippen molar-refractivity contribution in [2.45, 2.75) is 13.3 Å². The predicted molar refractivity (Wildman–Crippen MR) is 130 cm³/mol. The molecule has 2 aromatic heterocycles. The highest BCUT2D eigenvalue weighted by Crippen LogP contribution is 2.25. The molecule has 0 saturated carbocycles. The maximum atomic E-state index is 11.9. The summed E-state index contributed by atoms with van der Waals surface area (Å²) in [6, 6.07) is 17.6. The second-order valence-electron chi connectivity index (χ2n) is 6.92. The van der Waals surface area contributed by atoms with Gasteiger partial charge in [-0.3, -0.25) is 4.98 Å². The Kier molecular flexibility index (Phi) is 10.2. The summed E-state index contributed by atoms with van der Waals surface area (Å²) >= 11 is 3.11. The predicted octanol–water partition coefficient (Wildman–Crippen LogP) is 6.82. The molecule has 2 aromatic carbocycles. The molecule has 0 fully saturated rings. The summed E-state index contributed by atoms with van der Waals surface area (Å²) < 4.78 is 39.9. The van der Waals surface area contributed by atoms with Gasteiger partial charge in [-0.2, -0.15) is 0 Å². The molecule has 3 N–H and O–H groups in total. The Morgan fingerprint density at radius 2 is 1.58 bits per heavy atom. The third-order valence-electron chi connectivity index (χ3n) is 4.39. The standard InChI is InChI=1S/C11H8F3NO.C9H7BrO4.C5H5N/c12-11(13,14)16-9-5-3-8(4-6-9)10-2-1-7-15-10;1-4-6(9(13)14)2-5(8(11)12)3-7(4)10;1-2-4-6-5-3-1/h1-7,15H;2-3H,1H3,(H,11,12)(H,13,14);1-5H. The van der Waals surface area contributed by atoms with E-state index in [4.69, 9.17) is 10.2 Å². The molecule has 4 aromatic rings. The van der Waals surface area contributed by atoms with Crippen LogP contribution in [0.15, 0.2) is 89.8 Å². The fraction of sp³-hybridized carbons (Fsp3) is 0.0800. The van der Waals surface area contributed by atoms with E-state index in [0.717, 1.165) is 17.3 Å². The van der Waals surface area contributed by atoms with Crippen molar-refractivity contribution in [2.24, 2.45) is 0 Å². The number of nitrogens with zero attached hydrogens (tertiary/aromatic N) is 1. The van der Waals surface area contributed by atoms with Gasteiger partial charge in [-0.25, -0.2) is 9.59 Å². The van der Waals surface area contributed by atoms with Crippen LogP contribution in [0.2, 0.25) is 0 Å². The highest BCUT2D eigenvalue weighted by molar-refractivity contribution is 9.10. The first kappa shape index (κ1) is 28.1. The third-order valence-corrected chi connectivity index (χ3v) is 5.21. The molecule has 7 nitrogen and oxygen atoms in total. The molecule has 36 heavy (non-hydrogen) atoms. The number of aromatic nitrogens is 2. The molecule has 0 bridgehead atoms. The van der Waals surface area contributed by atoms with Crippen molar-refractivity contribution in [3.63, 3.8) is 0 Å². The van der Waals surface area contributed by atoms with Gasteiger partial charge in [0.15, 0.2) is 0 Å². The van der Waals surface area contributed by atoms with Crippen LogP contribution in [-0.2, 0) is 0 Å². The number of carboxylic acids is 2. The zero-order valence-electron chi connectivity index (χ0n) is 18.7. The lowest BCUT2D eigenvalue weighted by Gasteiger charge is -2.08. The molecule has 0 radical (unpaired) electrons. The number of aromatic amines is 1. The number of pyridine rings is 1. The Bertz CT molecular complexity index is 1240. The van der Waals surface area contributed by atoms with Crippen LogP contribution in [0.4, 0.5) is 13.2 Å². The monoisotopic (exact) mass is 564 g/mol. The van der Waals surface area contributed by atoms with Gasteiger partial charge in [0.05, 0.1) is 11.1 Å². The number of hydrogen-bond acceptors (Lipinski definition) is 4. The molecule has 0 saturated heterocycles. The molecule has 0 unspecified atom stereocenters. The van der Waals surface area contributed by atoms with E-state index in [1.54, 1.807) is 37.6 Å². The Labute approximate surface area is 212 Å². The second-order valence-corrected chi connectivity index (χ2v) is 7.78. The quantitative estimate of drug-likeness (QED) is 0.251. The van der Waals surface area contributed by atoms with Crippen LogP contribution in [0.3, 0.4) is 0 Å². The van der Waals surface area contributed by atoms with Crippen LogP contribution in [-0.4, -0.2) is 38.5 Å². The van der Waals surface area contributed by atoms with E-state index in [-0.39, 0.29) is 16.9 Å². The number of ether oxygens (including phenoxy) is 1. The smallest absolute Gasteiger partial charge is 0.478 e. The largest absolute Gasteiger partial charge is 0.573 e. The molecule has 0 atom stereocenters. The second kappa shape index (κ2) is 13.1. The van der Waals surface area contributed by atoms with Gasteiger partial charge in [0.1, 0.15) is 5.75 Å².